The molecule has 0 saturated carbocycles. The highest BCUT2D eigenvalue weighted by Crippen LogP contribution is 2.06. The zero-order valence-electron chi connectivity index (χ0n) is 3.80. The number of amides is 1. The molecule has 0 atom stereocenters. The number of carbonyl (C=O) groups excluding carboxylic acids is 1. The summed E-state index contributed by atoms with van der Waals surface area (Å²) in [5.41, 5.74) is 0. The normalized spacial score (nSPS) is 21.6. The van der Waals surface area contributed by atoms with Gasteiger partial charge in [0.2, 0.25) is 6.41 Å². The summed E-state index contributed by atoms with van der Waals surface area (Å²) in [7, 11) is 0. The second-order valence-corrected chi connectivity index (χ2v) is 1.66. The number of rotatable bonds is 1. The van der Waals surface area contributed by atoms with Crippen LogP contribution in [0.15, 0.2) is 0 Å². The van der Waals surface area contributed by atoms with Crippen molar-refractivity contribution in [1.29, 1.82) is 0 Å². The lowest BCUT2D eigenvalue weighted by Crippen LogP contribution is -2.47. The Balaban J connectivity index is 2.17. The summed E-state index contributed by atoms with van der Waals surface area (Å²) in [5, 5.41) is 0. The van der Waals surface area contributed by atoms with Gasteiger partial charge >= 0.3 is 0 Å². The summed E-state index contributed by atoms with van der Waals surface area (Å²) in [6.07, 6.45) is -0.0963. The maximum absolute atomic E-state index is 11.8. The molecule has 0 bridgehead atoms. The Kier molecular flexibility index (Phi) is 0.964. The number of nitrogens with zero attached hydrogens (tertiary/aromatic N) is 1. The van der Waals surface area contributed by atoms with E-state index in [1.165, 1.54) is 4.90 Å². The van der Waals surface area contributed by atoms with E-state index in [9.17, 15) is 9.18 Å². The number of hydrogen-bond acceptors (Lipinski definition) is 1. The van der Waals surface area contributed by atoms with E-state index in [0.717, 1.165) is 0 Å². The average molecular weight is 103 g/mol. The summed E-state index contributed by atoms with van der Waals surface area (Å²) < 4.78 is 11.8. The molecular weight excluding hydrogens is 97.0 g/mol. The largest absolute Gasteiger partial charge is 0.339 e. The van der Waals surface area contributed by atoms with Crippen molar-refractivity contribution in [1.82, 2.24) is 4.90 Å². The lowest BCUT2D eigenvalue weighted by Gasteiger charge is -2.29. The molecule has 0 spiro atoms. The molecule has 0 radical (unpaired) electrons. The van der Waals surface area contributed by atoms with E-state index in [1.807, 2.05) is 0 Å². The van der Waals surface area contributed by atoms with Crippen molar-refractivity contribution in [3.63, 3.8) is 0 Å². The van der Waals surface area contributed by atoms with Gasteiger partial charge in [-0.2, -0.15) is 0 Å². The zero-order chi connectivity index (χ0) is 5.28. The van der Waals surface area contributed by atoms with Gasteiger partial charge in [-0.3, -0.25) is 4.79 Å². The van der Waals surface area contributed by atoms with Gasteiger partial charge in [0.25, 0.3) is 0 Å². The Bertz CT molecular complexity index is 79.8. The summed E-state index contributed by atoms with van der Waals surface area (Å²) in [6.45, 7) is 0.590. The van der Waals surface area contributed by atoms with E-state index < -0.39 is 6.17 Å². The molecule has 1 rings (SSSR count). The van der Waals surface area contributed by atoms with Crippen molar-refractivity contribution in [3.05, 3.63) is 0 Å². The molecule has 2 nitrogen and oxygen atoms in total. The molecule has 1 fully saturated rings. The van der Waals surface area contributed by atoms with Gasteiger partial charge in [-0.15, -0.1) is 0 Å². The van der Waals surface area contributed by atoms with Gasteiger partial charge in [0.05, 0.1) is 13.1 Å². The Morgan fingerprint density at radius 2 is 2.29 bits per heavy atom. The zero-order valence-corrected chi connectivity index (χ0v) is 3.80. The van der Waals surface area contributed by atoms with Crippen LogP contribution >= 0.6 is 0 Å². The first kappa shape index (κ1) is 4.56. The fourth-order valence-corrected chi connectivity index (χ4v) is 0.542. The van der Waals surface area contributed by atoms with E-state index in [0.29, 0.717) is 19.5 Å². The van der Waals surface area contributed by atoms with Gasteiger partial charge in [-0.05, 0) is 0 Å². The van der Waals surface area contributed by atoms with Gasteiger partial charge in [0, 0.05) is 0 Å². The van der Waals surface area contributed by atoms with Gasteiger partial charge < -0.3 is 4.90 Å². The summed E-state index contributed by atoms with van der Waals surface area (Å²) >= 11 is 0. The maximum atomic E-state index is 11.8. The Morgan fingerprint density at radius 3 is 2.43 bits per heavy atom. The highest BCUT2D eigenvalue weighted by atomic mass is 19.1. The van der Waals surface area contributed by atoms with Crippen LogP contribution in [0, 0.1) is 0 Å². The molecule has 0 N–H and O–H groups in total. The van der Waals surface area contributed by atoms with Crippen molar-refractivity contribution >= 4 is 6.41 Å². The molecule has 1 aliphatic heterocycles. The van der Waals surface area contributed by atoms with Gasteiger partial charge in [-0.25, -0.2) is 4.39 Å². The Labute approximate surface area is 40.9 Å². The minimum atomic E-state index is -0.759. The summed E-state index contributed by atoms with van der Waals surface area (Å²) in [6, 6.07) is 0. The van der Waals surface area contributed by atoms with Crippen LogP contribution in [0.4, 0.5) is 4.39 Å². The first-order valence-electron chi connectivity index (χ1n) is 2.16. The minimum Gasteiger partial charge on any atom is -0.339 e. The standard InChI is InChI=1S/C4H6FNO/c5-4-1-6(2-4)3-7/h3-4H,1-2H2. The molecule has 3 heteroatoms. The number of alkyl halides is 1. The molecule has 1 amide bonds. The molecule has 7 heavy (non-hydrogen) atoms. The van der Waals surface area contributed by atoms with E-state index in [-0.39, 0.29) is 0 Å². The van der Waals surface area contributed by atoms with E-state index in [1.54, 1.807) is 0 Å². The van der Waals surface area contributed by atoms with Gasteiger partial charge in [-0.1, -0.05) is 0 Å². The van der Waals surface area contributed by atoms with Crippen molar-refractivity contribution in [2.24, 2.45) is 0 Å². The predicted molar refractivity (Wildman–Crippen MR) is 22.5 cm³/mol. The third kappa shape index (κ3) is 0.706. The maximum Gasteiger partial charge on any atom is 0.209 e. The second-order valence-electron chi connectivity index (χ2n) is 1.66. The van der Waals surface area contributed by atoms with Crippen LogP contribution in [0.5, 0.6) is 0 Å². The average Bonchev–Trinajstić information content (AvgIpc) is 1.58. The molecular formula is C4H6FNO. The number of halogens is 1. The molecule has 0 aromatic carbocycles. The summed E-state index contributed by atoms with van der Waals surface area (Å²) in [5.74, 6) is 0. The van der Waals surface area contributed by atoms with Crippen LogP contribution in [0.1, 0.15) is 0 Å². The SMILES string of the molecule is O=CN1CC(F)C1. The van der Waals surface area contributed by atoms with Crippen molar-refractivity contribution in [2.45, 2.75) is 6.17 Å². The van der Waals surface area contributed by atoms with Crippen LogP contribution < -0.4 is 0 Å². The molecule has 0 unspecified atom stereocenters. The van der Waals surface area contributed by atoms with E-state index >= 15 is 0 Å². The summed E-state index contributed by atoms with van der Waals surface area (Å²) in [4.78, 5) is 11.1. The molecule has 40 valence electrons. The van der Waals surface area contributed by atoms with E-state index in [2.05, 4.69) is 0 Å². The molecule has 0 aromatic rings. The Hall–Kier alpha value is -0.600. The van der Waals surface area contributed by atoms with Gasteiger partial charge in [0.15, 0.2) is 0 Å². The second kappa shape index (κ2) is 1.48. The topological polar surface area (TPSA) is 20.3 Å². The number of carbonyl (C=O) groups is 1. The van der Waals surface area contributed by atoms with Gasteiger partial charge in [0.1, 0.15) is 6.17 Å². The monoisotopic (exact) mass is 103 g/mol. The third-order valence-corrected chi connectivity index (χ3v) is 1.01. The fourth-order valence-electron chi connectivity index (χ4n) is 0.542. The smallest absolute Gasteiger partial charge is 0.209 e. The predicted octanol–water partition coefficient (Wildman–Crippen LogP) is -0.204. The van der Waals surface area contributed by atoms with Crippen LogP contribution in [-0.2, 0) is 4.79 Å². The minimum absolute atomic E-state index is 0.295. The molecule has 1 heterocycles. The van der Waals surface area contributed by atoms with Crippen LogP contribution in [0.3, 0.4) is 0 Å². The van der Waals surface area contributed by atoms with Crippen molar-refractivity contribution in [2.75, 3.05) is 13.1 Å². The highest BCUT2D eigenvalue weighted by Gasteiger charge is 2.23. The van der Waals surface area contributed by atoms with Crippen LogP contribution in [-0.4, -0.2) is 30.6 Å². The molecule has 1 saturated heterocycles. The Morgan fingerprint density at radius 1 is 1.71 bits per heavy atom. The van der Waals surface area contributed by atoms with Crippen LogP contribution in [0.25, 0.3) is 0 Å². The quantitative estimate of drug-likeness (QED) is 0.421. The molecule has 0 aliphatic carbocycles. The first-order valence-corrected chi connectivity index (χ1v) is 2.16. The van der Waals surface area contributed by atoms with Crippen molar-refractivity contribution < 1.29 is 9.18 Å². The lowest BCUT2D eigenvalue weighted by atomic mass is 10.2. The molecule has 1 aliphatic rings. The number of likely N-dealkylation sites (tertiary alicyclic amines) is 1. The van der Waals surface area contributed by atoms with E-state index in [4.69, 9.17) is 0 Å². The van der Waals surface area contributed by atoms with Crippen molar-refractivity contribution in [3.8, 4) is 0 Å². The molecule has 0 aromatic heterocycles. The van der Waals surface area contributed by atoms with Crippen LogP contribution in [0.2, 0.25) is 0 Å². The highest BCUT2D eigenvalue weighted by molar-refractivity contribution is 5.48. The first-order chi connectivity index (χ1) is 3.33. The lowest BCUT2D eigenvalue weighted by molar-refractivity contribution is -0.124. The number of hydrogen-bond donors (Lipinski definition) is 0. The third-order valence-electron chi connectivity index (χ3n) is 1.01. The fraction of sp³-hybridized carbons (Fsp3) is 0.750.